The van der Waals surface area contributed by atoms with Crippen LogP contribution in [0.25, 0.3) is 0 Å². The average molecular weight is 358 g/mol. The summed E-state index contributed by atoms with van der Waals surface area (Å²) in [4.78, 5) is 16.3. The van der Waals surface area contributed by atoms with Crippen molar-refractivity contribution in [3.05, 3.63) is 45.7 Å². The normalized spacial score (nSPS) is 17.4. The Morgan fingerprint density at radius 1 is 1.36 bits per heavy atom. The summed E-state index contributed by atoms with van der Waals surface area (Å²) in [6, 6.07) is 6.73. The molecule has 1 aromatic carbocycles. The Hall–Kier alpha value is -1.51. The number of hydrogen-bond donors (Lipinski definition) is 1. The standard InChI is InChI=1S/C13H12ClN3O3S2/c14-8-1-3-10(4-2-8)22(19,20)7-9-6-21-13-16-11(15)5-12(18)17(9)13/h1-5,9H,6-7,15H2. The van der Waals surface area contributed by atoms with Gasteiger partial charge < -0.3 is 5.73 Å². The van der Waals surface area contributed by atoms with Crippen molar-refractivity contribution in [2.45, 2.75) is 16.1 Å². The number of thioether (sulfide) groups is 1. The van der Waals surface area contributed by atoms with Crippen molar-refractivity contribution in [1.82, 2.24) is 9.55 Å². The van der Waals surface area contributed by atoms with Gasteiger partial charge in [0, 0.05) is 16.8 Å². The topological polar surface area (TPSA) is 95.1 Å². The third-order valence-electron chi connectivity index (χ3n) is 3.29. The molecule has 2 heterocycles. The largest absolute Gasteiger partial charge is 0.383 e. The number of sulfone groups is 1. The highest BCUT2D eigenvalue weighted by atomic mass is 35.5. The molecule has 0 amide bonds. The van der Waals surface area contributed by atoms with Gasteiger partial charge in [-0.2, -0.15) is 0 Å². The van der Waals surface area contributed by atoms with E-state index in [4.69, 9.17) is 17.3 Å². The fraction of sp³-hybridized carbons (Fsp3) is 0.231. The average Bonchev–Trinajstić information content (AvgIpc) is 2.81. The molecular weight excluding hydrogens is 346 g/mol. The maximum Gasteiger partial charge on any atom is 0.256 e. The van der Waals surface area contributed by atoms with Crippen LogP contribution in [0.1, 0.15) is 6.04 Å². The van der Waals surface area contributed by atoms with Gasteiger partial charge in [0.25, 0.3) is 5.56 Å². The maximum atomic E-state index is 12.5. The lowest BCUT2D eigenvalue weighted by atomic mass is 10.4. The Morgan fingerprint density at radius 3 is 2.73 bits per heavy atom. The van der Waals surface area contributed by atoms with E-state index in [1.54, 1.807) is 0 Å². The summed E-state index contributed by atoms with van der Waals surface area (Å²) in [5.74, 6) is 0.448. The summed E-state index contributed by atoms with van der Waals surface area (Å²) in [5, 5.41) is 0.929. The van der Waals surface area contributed by atoms with Gasteiger partial charge in [0.1, 0.15) is 5.82 Å². The van der Waals surface area contributed by atoms with E-state index >= 15 is 0 Å². The second kappa shape index (κ2) is 5.60. The molecular formula is C13H12ClN3O3S2. The molecule has 6 nitrogen and oxygen atoms in total. The Kier molecular flexibility index (Phi) is 3.92. The minimum atomic E-state index is -3.52. The van der Waals surface area contributed by atoms with Crippen LogP contribution in [0.4, 0.5) is 5.82 Å². The first kappa shape index (κ1) is 15.4. The smallest absolute Gasteiger partial charge is 0.256 e. The second-order valence-electron chi connectivity index (χ2n) is 4.87. The van der Waals surface area contributed by atoms with Crippen molar-refractivity contribution in [3.8, 4) is 0 Å². The van der Waals surface area contributed by atoms with E-state index in [2.05, 4.69) is 4.98 Å². The molecule has 0 bridgehead atoms. The summed E-state index contributed by atoms with van der Waals surface area (Å²) in [7, 11) is -3.52. The van der Waals surface area contributed by atoms with E-state index in [1.165, 1.54) is 46.7 Å². The van der Waals surface area contributed by atoms with Crippen LogP contribution < -0.4 is 11.3 Å². The second-order valence-corrected chi connectivity index (χ2v) is 8.33. The van der Waals surface area contributed by atoms with Crippen molar-refractivity contribution < 1.29 is 8.42 Å². The highest BCUT2D eigenvalue weighted by Crippen LogP contribution is 2.32. The Balaban J connectivity index is 1.93. The van der Waals surface area contributed by atoms with Crippen molar-refractivity contribution in [3.63, 3.8) is 0 Å². The molecule has 0 saturated heterocycles. The third-order valence-corrected chi connectivity index (χ3v) is 6.46. The van der Waals surface area contributed by atoms with Crippen molar-refractivity contribution in [2.24, 2.45) is 0 Å². The minimum absolute atomic E-state index is 0.143. The van der Waals surface area contributed by atoms with Gasteiger partial charge in [-0.15, -0.1) is 0 Å². The van der Waals surface area contributed by atoms with E-state index in [9.17, 15) is 13.2 Å². The molecule has 0 radical (unpaired) electrons. The van der Waals surface area contributed by atoms with E-state index in [-0.39, 0.29) is 22.0 Å². The number of nitrogen functional groups attached to an aromatic ring is 1. The zero-order valence-corrected chi connectivity index (χ0v) is 13.7. The van der Waals surface area contributed by atoms with Crippen LogP contribution >= 0.6 is 23.4 Å². The van der Waals surface area contributed by atoms with Gasteiger partial charge in [0.05, 0.1) is 16.7 Å². The first-order chi connectivity index (χ1) is 10.4. The molecule has 0 aliphatic carbocycles. The number of fused-ring (bicyclic) bond motifs is 1. The van der Waals surface area contributed by atoms with E-state index in [0.717, 1.165) is 0 Å². The van der Waals surface area contributed by atoms with E-state index in [0.29, 0.717) is 15.9 Å². The van der Waals surface area contributed by atoms with Crippen LogP contribution in [0.15, 0.2) is 45.2 Å². The summed E-state index contributed by atoms with van der Waals surface area (Å²) in [6.07, 6.45) is 0. The van der Waals surface area contributed by atoms with Crippen LogP contribution in [-0.2, 0) is 9.84 Å². The van der Waals surface area contributed by atoms with Gasteiger partial charge in [-0.3, -0.25) is 9.36 Å². The first-order valence-electron chi connectivity index (χ1n) is 6.37. The number of rotatable bonds is 3. The van der Waals surface area contributed by atoms with Gasteiger partial charge in [-0.25, -0.2) is 13.4 Å². The Labute approximate surface area is 136 Å². The van der Waals surface area contributed by atoms with Gasteiger partial charge >= 0.3 is 0 Å². The molecule has 9 heteroatoms. The molecule has 116 valence electrons. The fourth-order valence-corrected chi connectivity index (χ4v) is 5.23. The Bertz CT molecular complexity index is 878. The molecule has 3 rings (SSSR count). The van der Waals surface area contributed by atoms with Crippen molar-refractivity contribution >= 4 is 39.0 Å². The number of hydrogen-bond acceptors (Lipinski definition) is 6. The molecule has 1 aliphatic rings. The van der Waals surface area contributed by atoms with Crippen molar-refractivity contribution in [1.29, 1.82) is 0 Å². The summed E-state index contributed by atoms with van der Waals surface area (Å²) >= 11 is 7.10. The zero-order chi connectivity index (χ0) is 15.9. The predicted octanol–water partition coefficient (Wildman–Crippen LogP) is 1.60. The lowest BCUT2D eigenvalue weighted by Gasteiger charge is -2.13. The number of nitrogens with zero attached hydrogens (tertiary/aromatic N) is 2. The van der Waals surface area contributed by atoms with Crippen LogP contribution in [0, 0.1) is 0 Å². The molecule has 2 N–H and O–H groups in total. The van der Waals surface area contributed by atoms with Crippen LogP contribution in [-0.4, -0.2) is 29.5 Å². The SMILES string of the molecule is Nc1cc(=O)n2c(n1)SCC2CS(=O)(=O)c1ccc(Cl)cc1. The number of benzene rings is 1. The van der Waals surface area contributed by atoms with Crippen molar-refractivity contribution in [2.75, 3.05) is 17.2 Å². The fourth-order valence-electron chi connectivity index (χ4n) is 2.28. The monoisotopic (exact) mass is 357 g/mol. The highest BCUT2D eigenvalue weighted by Gasteiger charge is 2.30. The molecule has 0 fully saturated rings. The molecule has 22 heavy (non-hydrogen) atoms. The van der Waals surface area contributed by atoms with E-state index < -0.39 is 15.9 Å². The van der Waals surface area contributed by atoms with Gasteiger partial charge in [0.2, 0.25) is 0 Å². The minimum Gasteiger partial charge on any atom is -0.383 e. The van der Waals surface area contributed by atoms with Gasteiger partial charge in [-0.05, 0) is 24.3 Å². The molecule has 0 saturated carbocycles. The number of halogens is 1. The third kappa shape index (κ3) is 2.86. The summed E-state index contributed by atoms with van der Waals surface area (Å²) in [5.41, 5.74) is 5.21. The summed E-state index contributed by atoms with van der Waals surface area (Å²) < 4.78 is 26.3. The quantitative estimate of drug-likeness (QED) is 0.838. The summed E-state index contributed by atoms with van der Waals surface area (Å²) in [6.45, 7) is 0. The van der Waals surface area contributed by atoms with Crippen LogP contribution in [0.3, 0.4) is 0 Å². The number of anilines is 1. The number of nitrogens with two attached hydrogens (primary N) is 1. The first-order valence-corrected chi connectivity index (χ1v) is 9.38. The van der Waals surface area contributed by atoms with Gasteiger partial charge in [0.15, 0.2) is 15.0 Å². The highest BCUT2D eigenvalue weighted by molar-refractivity contribution is 7.99. The van der Waals surface area contributed by atoms with Crippen LogP contribution in [0.5, 0.6) is 0 Å². The van der Waals surface area contributed by atoms with Gasteiger partial charge in [-0.1, -0.05) is 23.4 Å². The number of aromatic nitrogens is 2. The predicted molar refractivity (Wildman–Crippen MR) is 86.2 cm³/mol. The Morgan fingerprint density at radius 2 is 2.05 bits per heavy atom. The molecule has 2 aromatic rings. The van der Waals surface area contributed by atoms with E-state index in [1.807, 2.05) is 0 Å². The van der Waals surface area contributed by atoms with Crippen LogP contribution in [0.2, 0.25) is 5.02 Å². The molecule has 1 atom stereocenters. The molecule has 1 aliphatic heterocycles. The zero-order valence-electron chi connectivity index (χ0n) is 11.3. The molecule has 1 aromatic heterocycles. The lowest BCUT2D eigenvalue weighted by molar-refractivity contribution is 0.528. The molecule has 1 unspecified atom stereocenters. The molecule has 0 spiro atoms. The maximum absolute atomic E-state index is 12.5. The lowest BCUT2D eigenvalue weighted by Crippen LogP contribution is -2.29.